The molecule has 1 aromatic carbocycles. The number of phenolic OH excluding ortho intramolecular Hbond substituents is 1. The van der Waals surface area contributed by atoms with Crippen molar-refractivity contribution < 1.29 is 14.7 Å². The zero-order valence-corrected chi connectivity index (χ0v) is 15.3. The molecule has 3 heteroatoms. The molecule has 0 aliphatic rings. The first-order valence-corrected chi connectivity index (χ1v) is 8.24. The molecule has 0 aliphatic heterocycles. The minimum absolute atomic E-state index is 0.0233. The molecule has 0 aromatic heterocycles. The highest BCUT2D eigenvalue weighted by Crippen LogP contribution is 2.40. The van der Waals surface area contributed by atoms with Crippen LogP contribution in [0.2, 0.25) is 0 Å². The summed E-state index contributed by atoms with van der Waals surface area (Å²) in [6.45, 7) is 12.5. The molecule has 0 saturated heterocycles. The maximum Gasteiger partial charge on any atom is 0.123 e. The third-order valence-corrected chi connectivity index (χ3v) is 4.17. The number of aldehydes is 2. The summed E-state index contributed by atoms with van der Waals surface area (Å²) >= 11 is 0. The molecule has 0 spiro atoms. The SMILES string of the molecule is CC(C)(C)c1cc(CC(CC=O)CC=O)cc(C(C)(C)C)c1O. The predicted octanol–water partition coefficient (Wildman–Crippen LogP) is 4.32. The highest BCUT2D eigenvalue weighted by Gasteiger charge is 2.27. The van der Waals surface area contributed by atoms with Crippen LogP contribution in [0.1, 0.15) is 71.1 Å². The van der Waals surface area contributed by atoms with Gasteiger partial charge in [0.2, 0.25) is 0 Å². The molecular weight excluding hydrogens is 288 g/mol. The molecule has 0 bridgehead atoms. The van der Waals surface area contributed by atoms with Crippen molar-refractivity contribution in [3.63, 3.8) is 0 Å². The number of aromatic hydroxyl groups is 1. The van der Waals surface area contributed by atoms with Gasteiger partial charge in [0.25, 0.3) is 0 Å². The normalized spacial score (nSPS) is 12.5. The molecule has 0 saturated carbocycles. The van der Waals surface area contributed by atoms with E-state index in [0.29, 0.717) is 25.0 Å². The van der Waals surface area contributed by atoms with E-state index in [-0.39, 0.29) is 16.7 Å². The maximum atomic E-state index is 10.8. The molecule has 0 amide bonds. The van der Waals surface area contributed by atoms with Crippen molar-refractivity contribution in [1.29, 1.82) is 0 Å². The maximum absolute atomic E-state index is 10.8. The minimum atomic E-state index is -0.176. The van der Waals surface area contributed by atoms with Crippen LogP contribution in [-0.2, 0) is 26.8 Å². The van der Waals surface area contributed by atoms with Crippen molar-refractivity contribution >= 4 is 12.6 Å². The van der Waals surface area contributed by atoms with Crippen LogP contribution in [-0.4, -0.2) is 17.7 Å². The van der Waals surface area contributed by atoms with Gasteiger partial charge >= 0.3 is 0 Å². The summed E-state index contributed by atoms with van der Waals surface area (Å²) < 4.78 is 0. The van der Waals surface area contributed by atoms with E-state index in [0.717, 1.165) is 29.3 Å². The molecule has 1 rings (SSSR count). The average Bonchev–Trinajstić information content (AvgIpc) is 2.38. The van der Waals surface area contributed by atoms with E-state index in [9.17, 15) is 14.7 Å². The molecule has 0 unspecified atom stereocenters. The second-order valence-electron chi connectivity index (χ2n) is 8.41. The third-order valence-electron chi connectivity index (χ3n) is 4.17. The summed E-state index contributed by atoms with van der Waals surface area (Å²) in [7, 11) is 0. The lowest BCUT2D eigenvalue weighted by Crippen LogP contribution is -2.18. The highest BCUT2D eigenvalue weighted by molar-refractivity contribution is 5.55. The third kappa shape index (κ3) is 5.19. The fraction of sp³-hybridized carbons (Fsp3) is 0.600. The summed E-state index contributed by atoms with van der Waals surface area (Å²) in [4.78, 5) is 21.7. The van der Waals surface area contributed by atoms with E-state index in [4.69, 9.17) is 0 Å². The van der Waals surface area contributed by atoms with Crippen molar-refractivity contribution in [3.05, 3.63) is 28.8 Å². The van der Waals surface area contributed by atoms with Crippen molar-refractivity contribution in [2.24, 2.45) is 5.92 Å². The Morgan fingerprint density at radius 3 is 1.61 bits per heavy atom. The molecule has 1 N–H and O–H groups in total. The number of phenols is 1. The second kappa shape index (κ2) is 7.29. The van der Waals surface area contributed by atoms with Crippen molar-refractivity contribution in [3.8, 4) is 5.75 Å². The molecular formula is C20H30O3. The largest absolute Gasteiger partial charge is 0.507 e. The standard InChI is InChI=1S/C20H30O3/c1-19(2,3)16-12-15(11-14(7-9-21)8-10-22)13-17(18(16)23)20(4,5)6/h9-10,12-14,23H,7-8,11H2,1-6H3. The van der Waals surface area contributed by atoms with Crippen LogP contribution in [0.25, 0.3) is 0 Å². The zero-order chi connectivity index (χ0) is 17.8. The van der Waals surface area contributed by atoms with Crippen LogP contribution in [0.4, 0.5) is 0 Å². The van der Waals surface area contributed by atoms with Gasteiger partial charge in [0.15, 0.2) is 0 Å². The Morgan fingerprint density at radius 1 is 0.913 bits per heavy atom. The molecule has 3 nitrogen and oxygen atoms in total. The highest BCUT2D eigenvalue weighted by atomic mass is 16.3. The van der Waals surface area contributed by atoms with E-state index in [1.165, 1.54) is 0 Å². The molecule has 0 heterocycles. The van der Waals surface area contributed by atoms with Gasteiger partial charge in [-0.1, -0.05) is 53.7 Å². The Labute approximate surface area is 140 Å². The lowest BCUT2D eigenvalue weighted by Gasteiger charge is -2.28. The van der Waals surface area contributed by atoms with Crippen LogP contribution in [0.5, 0.6) is 5.75 Å². The van der Waals surface area contributed by atoms with Gasteiger partial charge in [-0.25, -0.2) is 0 Å². The van der Waals surface area contributed by atoms with E-state index in [1.807, 2.05) is 12.1 Å². The number of hydrogen-bond donors (Lipinski definition) is 1. The number of rotatable bonds is 6. The predicted molar refractivity (Wildman–Crippen MR) is 94.1 cm³/mol. The lowest BCUT2D eigenvalue weighted by molar-refractivity contribution is -0.110. The van der Waals surface area contributed by atoms with Gasteiger partial charge < -0.3 is 14.7 Å². The first-order chi connectivity index (χ1) is 10.5. The Hall–Kier alpha value is -1.64. The van der Waals surface area contributed by atoms with E-state index >= 15 is 0 Å². The van der Waals surface area contributed by atoms with Crippen LogP contribution in [0.15, 0.2) is 12.1 Å². The van der Waals surface area contributed by atoms with Gasteiger partial charge in [0, 0.05) is 12.8 Å². The molecule has 1 aromatic rings. The van der Waals surface area contributed by atoms with Gasteiger partial charge in [-0.2, -0.15) is 0 Å². The fourth-order valence-corrected chi connectivity index (χ4v) is 2.82. The van der Waals surface area contributed by atoms with Crippen molar-refractivity contribution in [2.45, 2.75) is 71.6 Å². The quantitative estimate of drug-likeness (QED) is 0.795. The van der Waals surface area contributed by atoms with Crippen LogP contribution < -0.4 is 0 Å². The molecule has 128 valence electrons. The van der Waals surface area contributed by atoms with Gasteiger partial charge in [0.05, 0.1) is 0 Å². The molecule has 0 fully saturated rings. The lowest BCUT2D eigenvalue weighted by atomic mass is 9.77. The number of hydrogen-bond acceptors (Lipinski definition) is 3. The Morgan fingerprint density at radius 2 is 1.30 bits per heavy atom. The first-order valence-electron chi connectivity index (χ1n) is 8.24. The molecule has 0 radical (unpaired) electrons. The zero-order valence-electron chi connectivity index (χ0n) is 15.3. The van der Waals surface area contributed by atoms with Gasteiger partial charge in [-0.3, -0.25) is 0 Å². The van der Waals surface area contributed by atoms with E-state index < -0.39 is 0 Å². The van der Waals surface area contributed by atoms with E-state index in [2.05, 4.69) is 41.5 Å². The average molecular weight is 318 g/mol. The van der Waals surface area contributed by atoms with Gasteiger partial charge in [0.1, 0.15) is 18.3 Å². The summed E-state index contributed by atoms with van der Waals surface area (Å²) in [5, 5.41) is 10.7. The monoisotopic (exact) mass is 318 g/mol. The summed E-state index contributed by atoms with van der Waals surface area (Å²) in [5.74, 6) is 0.381. The fourth-order valence-electron chi connectivity index (χ4n) is 2.82. The topological polar surface area (TPSA) is 54.4 Å². The number of benzene rings is 1. The molecule has 23 heavy (non-hydrogen) atoms. The van der Waals surface area contributed by atoms with Crippen LogP contribution in [0, 0.1) is 5.92 Å². The summed E-state index contributed by atoms with van der Waals surface area (Å²) in [6.07, 6.45) is 3.20. The first kappa shape index (κ1) is 19.4. The Bertz CT molecular complexity index is 514. The van der Waals surface area contributed by atoms with Crippen LogP contribution in [0.3, 0.4) is 0 Å². The van der Waals surface area contributed by atoms with Crippen molar-refractivity contribution in [1.82, 2.24) is 0 Å². The summed E-state index contributed by atoms with van der Waals surface area (Å²) in [6, 6.07) is 4.04. The number of carbonyl (C=O) groups excluding carboxylic acids is 2. The smallest absolute Gasteiger partial charge is 0.123 e. The van der Waals surface area contributed by atoms with Gasteiger partial charge in [-0.15, -0.1) is 0 Å². The Kier molecular flexibility index (Phi) is 6.15. The molecule has 0 atom stereocenters. The van der Waals surface area contributed by atoms with Gasteiger partial charge in [-0.05, 0) is 39.9 Å². The molecule has 0 aliphatic carbocycles. The van der Waals surface area contributed by atoms with Crippen molar-refractivity contribution in [2.75, 3.05) is 0 Å². The minimum Gasteiger partial charge on any atom is -0.507 e. The Balaban J connectivity index is 3.37. The number of carbonyl (C=O) groups is 2. The van der Waals surface area contributed by atoms with E-state index in [1.54, 1.807) is 0 Å². The second-order valence-corrected chi connectivity index (χ2v) is 8.41. The summed E-state index contributed by atoms with van der Waals surface area (Å²) in [5.41, 5.74) is 2.55. The van der Waals surface area contributed by atoms with Crippen LogP contribution >= 0.6 is 0 Å².